The van der Waals surface area contributed by atoms with Gasteiger partial charge < -0.3 is 4.74 Å². The van der Waals surface area contributed by atoms with Crippen LogP contribution in [0.5, 0.6) is 5.75 Å². The average molecular weight is 273 g/mol. The second-order valence-corrected chi connectivity index (χ2v) is 3.98. The Balaban J connectivity index is 2.07. The molecular formula is C15H9F2NO2. The molecule has 0 saturated heterocycles. The summed E-state index contributed by atoms with van der Waals surface area (Å²) in [5.74, 6) is -1.95. The van der Waals surface area contributed by atoms with Gasteiger partial charge in [0.1, 0.15) is 17.4 Å². The number of carbonyl (C=O) groups excluding carboxylic acids is 1. The highest BCUT2D eigenvalue weighted by Gasteiger charge is 2.13. The third-order valence-corrected chi connectivity index (χ3v) is 2.56. The van der Waals surface area contributed by atoms with E-state index in [-0.39, 0.29) is 5.56 Å². The number of nitriles is 1. The lowest BCUT2D eigenvalue weighted by molar-refractivity contribution is 0.0917. The minimum Gasteiger partial charge on any atom is -0.485 e. The maximum absolute atomic E-state index is 13.4. The van der Waals surface area contributed by atoms with Crippen molar-refractivity contribution in [2.24, 2.45) is 0 Å². The number of rotatable bonds is 4. The van der Waals surface area contributed by atoms with E-state index >= 15 is 0 Å². The number of ether oxygens (including phenoxy) is 1. The van der Waals surface area contributed by atoms with Crippen LogP contribution < -0.4 is 4.74 Å². The molecule has 2 aromatic carbocycles. The summed E-state index contributed by atoms with van der Waals surface area (Å²) in [5, 5.41) is 8.72. The lowest BCUT2D eigenvalue weighted by atomic mass is 10.1. The molecule has 0 aliphatic rings. The van der Waals surface area contributed by atoms with E-state index in [0.29, 0.717) is 17.4 Å². The van der Waals surface area contributed by atoms with Gasteiger partial charge in [-0.15, -0.1) is 0 Å². The van der Waals surface area contributed by atoms with E-state index in [1.54, 1.807) is 18.2 Å². The zero-order valence-corrected chi connectivity index (χ0v) is 10.3. The van der Waals surface area contributed by atoms with Crippen molar-refractivity contribution in [2.75, 3.05) is 6.61 Å². The first-order valence-corrected chi connectivity index (χ1v) is 5.71. The van der Waals surface area contributed by atoms with Gasteiger partial charge in [-0.25, -0.2) is 8.78 Å². The Morgan fingerprint density at radius 1 is 1.20 bits per heavy atom. The molecule has 0 saturated carbocycles. The lowest BCUT2D eigenvalue weighted by Gasteiger charge is -2.06. The molecule has 0 spiro atoms. The largest absolute Gasteiger partial charge is 0.485 e. The van der Waals surface area contributed by atoms with Gasteiger partial charge in [0.25, 0.3) is 0 Å². The van der Waals surface area contributed by atoms with Gasteiger partial charge in [-0.05, 0) is 30.3 Å². The van der Waals surface area contributed by atoms with E-state index in [9.17, 15) is 13.6 Å². The molecule has 0 aliphatic heterocycles. The maximum atomic E-state index is 13.4. The summed E-state index contributed by atoms with van der Waals surface area (Å²) in [4.78, 5) is 11.8. The molecule has 0 fully saturated rings. The van der Waals surface area contributed by atoms with Crippen molar-refractivity contribution in [1.29, 1.82) is 5.26 Å². The Labute approximate surface area is 114 Å². The van der Waals surface area contributed by atoms with E-state index in [2.05, 4.69) is 0 Å². The lowest BCUT2D eigenvalue weighted by Crippen LogP contribution is -2.13. The molecule has 2 rings (SSSR count). The molecule has 0 bridgehead atoms. The number of ketones is 1. The van der Waals surface area contributed by atoms with Gasteiger partial charge in [0.2, 0.25) is 5.78 Å². The first-order valence-electron chi connectivity index (χ1n) is 5.71. The van der Waals surface area contributed by atoms with E-state index in [4.69, 9.17) is 10.00 Å². The fourth-order valence-corrected chi connectivity index (χ4v) is 1.60. The summed E-state index contributed by atoms with van der Waals surface area (Å²) < 4.78 is 31.3. The predicted octanol–water partition coefficient (Wildman–Crippen LogP) is 3.10. The van der Waals surface area contributed by atoms with Crippen molar-refractivity contribution in [3.63, 3.8) is 0 Å². The fourth-order valence-electron chi connectivity index (χ4n) is 1.60. The molecule has 3 nitrogen and oxygen atoms in total. The maximum Gasteiger partial charge on any atom is 0.203 e. The molecule has 0 N–H and O–H groups in total. The van der Waals surface area contributed by atoms with E-state index in [1.807, 2.05) is 6.07 Å². The van der Waals surface area contributed by atoms with Gasteiger partial charge in [0, 0.05) is 6.07 Å². The normalized spacial score (nSPS) is 9.85. The highest BCUT2D eigenvalue weighted by molar-refractivity contribution is 5.97. The SMILES string of the molecule is N#Cc1cccc(OCC(=O)c2ccc(F)cc2F)c1. The molecule has 0 heterocycles. The monoisotopic (exact) mass is 273 g/mol. The van der Waals surface area contributed by atoms with Gasteiger partial charge in [-0.3, -0.25) is 4.79 Å². The molecular weight excluding hydrogens is 264 g/mol. The Hall–Kier alpha value is -2.74. The smallest absolute Gasteiger partial charge is 0.203 e. The third kappa shape index (κ3) is 3.18. The zero-order valence-electron chi connectivity index (χ0n) is 10.3. The number of Topliss-reactive ketones (excluding diaryl/α,β-unsaturated/α-hetero) is 1. The molecule has 0 radical (unpaired) electrons. The summed E-state index contributed by atoms with van der Waals surface area (Å²) in [5.41, 5.74) is 0.158. The molecule has 0 aliphatic carbocycles. The first-order chi connectivity index (χ1) is 9.60. The highest BCUT2D eigenvalue weighted by Crippen LogP contribution is 2.14. The van der Waals surface area contributed by atoms with Gasteiger partial charge in [-0.2, -0.15) is 5.26 Å². The van der Waals surface area contributed by atoms with Crippen LogP contribution in [-0.4, -0.2) is 12.4 Å². The van der Waals surface area contributed by atoms with Crippen molar-refractivity contribution in [3.8, 4) is 11.8 Å². The Bertz CT molecular complexity index is 693. The number of hydrogen-bond acceptors (Lipinski definition) is 3. The second kappa shape index (κ2) is 5.93. The van der Waals surface area contributed by atoms with Crippen LogP contribution >= 0.6 is 0 Å². The van der Waals surface area contributed by atoms with E-state index in [1.165, 1.54) is 6.07 Å². The standard InChI is InChI=1S/C15H9F2NO2/c16-11-4-5-13(14(17)7-11)15(19)9-20-12-3-1-2-10(6-12)8-18/h1-7H,9H2. The van der Waals surface area contributed by atoms with Crippen molar-refractivity contribution < 1.29 is 18.3 Å². The average Bonchev–Trinajstić information content (AvgIpc) is 2.45. The van der Waals surface area contributed by atoms with Crippen LogP contribution in [0.1, 0.15) is 15.9 Å². The Kier molecular flexibility index (Phi) is 4.06. The third-order valence-electron chi connectivity index (χ3n) is 2.56. The Morgan fingerprint density at radius 2 is 2.00 bits per heavy atom. The molecule has 2 aromatic rings. The predicted molar refractivity (Wildman–Crippen MR) is 67.3 cm³/mol. The highest BCUT2D eigenvalue weighted by atomic mass is 19.1. The summed E-state index contributed by atoms with van der Waals surface area (Å²) in [6.07, 6.45) is 0. The van der Waals surface area contributed by atoms with Crippen LogP contribution in [0.3, 0.4) is 0 Å². The van der Waals surface area contributed by atoms with Crippen molar-refractivity contribution in [2.45, 2.75) is 0 Å². The van der Waals surface area contributed by atoms with Crippen LogP contribution in [0.15, 0.2) is 42.5 Å². The molecule has 100 valence electrons. The van der Waals surface area contributed by atoms with Gasteiger partial charge in [0.05, 0.1) is 17.2 Å². The molecule has 5 heteroatoms. The van der Waals surface area contributed by atoms with Crippen LogP contribution in [0.4, 0.5) is 8.78 Å². The molecule has 0 aromatic heterocycles. The number of carbonyl (C=O) groups is 1. The topological polar surface area (TPSA) is 50.1 Å². The summed E-state index contributed by atoms with van der Waals surface area (Å²) >= 11 is 0. The number of nitrogens with zero attached hydrogens (tertiary/aromatic N) is 1. The molecule has 0 amide bonds. The second-order valence-electron chi connectivity index (χ2n) is 3.98. The van der Waals surface area contributed by atoms with Crippen molar-refractivity contribution in [1.82, 2.24) is 0 Å². The summed E-state index contributed by atoms with van der Waals surface area (Å²) in [6.45, 7) is -0.391. The van der Waals surface area contributed by atoms with Crippen LogP contribution in [-0.2, 0) is 0 Å². The van der Waals surface area contributed by atoms with Crippen molar-refractivity contribution >= 4 is 5.78 Å². The van der Waals surface area contributed by atoms with E-state index < -0.39 is 24.0 Å². The number of halogens is 2. The molecule has 0 atom stereocenters. The number of hydrogen-bond donors (Lipinski definition) is 0. The Morgan fingerprint density at radius 3 is 2.70 bits per heavy atom. The van der Waals surface area contributed by atoms with Gasteiger partial charge in [0.15, 0.2) is 6.61 Å². The zero-order chi connectivity index (χ0) is 14.5. The van der Waals surface area contributed by atoms with Gasteiger partial charge >= 0.3 is 0 Å². The quantitative estimate of drug-likeness (QED) is 0.804. The minimum absolute atomic E-state index is 0.233. The fraction of sp³-hybridized carbons (Fsp3) is 0.0667. The van der Waals surface area contributed by atoms with Crippen LogP contribution in [0.2, 0.25) is 0 Å². The number of benzene rings is 2. The first kappa shape index (κ1) is 13.7. The van der Waals surface area contributed by atoms with Crippen molar-refractivity contribution in [3.05, 3.63) is 65.2 Å². The summed E-state index contributed by atoms with van der Waals surface area (Å²) in [7, 11) is 0. The van der Waals surface area contributed by atoms with E-state index in [0.717, 1.165) is 12.1 Å². The minimum atomic E-state index is -0.927. The molecule has 20 heavy (non-hydrogen) atoms. The van der Waals surface area contributed by atoms with Crippen LogP contribution in [0.25, 0.3) is 0 Å². The molecule has 0 unspecified atom stereocenters. The van der Waals surface area contributed by atoms with Gasteiger partial charge in [-0.1, -0.05) is 6.07 Å². The van der Waals surface area contributed by atoms with Crippen LogP contribution in [0, 0.1) is 23.0 Å². The summed E-state index contributed by atoms with van der Waals surface area (Å²) in [6, 6.07) is 10.9.